The third-order valence-corrected chi connectivity index (χ3v) is 4.77. The van der Waals surface area contributed by atoms with Crippen LogP contribution >= 0.6 is 0 Å². The van der Waals surface area contributed by atoms with E-state index in [-0.39, 0.29) is 0 Å². The van der Waals surface area contributed by atoms with Crippen molar-refractivity contribution in [1.29, 1.82) is 0 Å². The molecule has 0 fully saturated rings. The summed E-state index contributed by atoms with van der Waals surface area (Å²) in [7, 11) is 1.74. The van der Waals surface area contributed by atoms with Crippen LogP contribution in [0.1, 0.15) is 41.9 Å². The fraction of sp³-hybridized carbons (Fsp3) is 0.400. The van der Waals surface area contributed by atoms with E-state index in [9.17, 15) is 0 Å². The summed E-state index contributed by atoms with van der Waals surface area (Å²) in [6, 6.07) is 13.3. The van der Waals surface area contributed by atoms with E-state index in [0.717, 1.165) is 18.7 Å². The molecule has 0 radical (unpaired) electrons. The Labute approximate surface area is 133 Å². The van der Waals surface area contributed by atoms with Gasteiger partial charge in [0, 0.05) is 5.56 Å². The molecule has 0 amide bonds. The molecule has 1 unspecified atom stereocenters. The molecule has 2 N–H and O–H groups in total. The van der Waals surface area contributed by atoms with Crippen molar-refractivity contribution >= 4 is 0 Å². The maximum atomic E-state index is 5.81. The number of aryl methyl sites for hydroxylation is 2. The zero-order chi connectivity index (χ0) is 15.5. The van der Waals surface area contributed by atoms with Crippen LogP contribution in [0, 0.1) is 6.92 Å². The van der Waals surface area contributed by atoms with E-state index >= 15 is 0 Å². The first-order valence-electron chi connectivity index (χ1n) is 8.21. The van der Waals surface area contributed by atoms with Crippen molar-refractivity contribution in [1.82, 2.24) is 0 Å². The zero-order valence-corrected chi connectivity index (χ0v) is 13.6. The highest BCUT2D eigenvalue weighted by molar-refractivity contribution is 5.72. The minimum absolute atomic E-state index is 0.615. The molecule has 0 saturated carbocycles. The van der Waals surface area contributed by atoms with Crippen molar-refractivity contribution < 1.29 is 4.74 Å². The molecule has 0 aromatic heterocycles. The molecule has 22 heavy (non-hydrogen) atoms. The van der Waals surface area contributed by atoms with Gasteiger partial charge in [0.15, 0.2) is 0 Å². The molecule has 0 spiro atoms. The summed E-state index contributed by atoms with van der Waals surface area (Å²) in [6.45, 7) is 2.89. The summed E-state index contributed by atoms with van der Waals surface area (Å²) in [5.41, 5.74) is 12.5. The summed E-state index contributed by atoms with van der Waals surface area (Å²) < 4.78 is 5.55. The maximum Gasteiger partial charge on any atom is 0.126 e. The van der Waals surface area contributed by atoms with E-state index in [1.807, 2.05) is 0 Å². The van der Waals surface area contributed by atoms with Gasteiger partial charge in [-0.25, -0.2) is 0 Å². The Balaban J connectivity index is 2.06. The Morgan fingerprint density at radius 2 is 2.05 bits per heavy atom. The lowest BCUT2D eigenvalue weighted by atomic mass is 9.80. The van der Waals surface area contributed by atoms with Crippen LogP contribution < -0.4 is 10.5 Å². The zero-order valence-electron chi connectivity index (χ0n) is 13.6. The summed E-state index contributed by atoms with van der Waals surface area (Å²) in [4.78, 5) is 0. The Bertz CT molecular complexity index is 663. The van der Waals surface area contributed by atoms with Gasteiger partial charge in [0.25, 0.3) is 0 Å². The fourth-order valence-electron chi connectivity index (χ4n) is 3.61. The van der Waals surface area contributed by atoms with E-state index in [4.69, 9.17) is 10.5 Å². The minimum Gasteiger partial charge on any atom is -0.496 e. The van der Waals surface area contributed by atoms with Crippen LogP contribution in [0.5, 0.6) is 5.75 Å². The van der Waals surface area contributed by atoms with Crippen LogP contribution in [0.2, 0.25) is 0 Å². The van der Waals surface area contributed by atoms with E-state index in [1.54, 1.807) is 7.11 Å². The van der Waals surface area contributed by atoms with Gasteiger partial charge in [-0.15, -0.1) is 0 Å². The van der Waals surface area contributed by atoms with Gasteiger partial charge >= 0.3 is 0 Å². The fourth-order valence-corrected chi connectivity index (χ4v) is 3.61. The van der Waals surface area contributed by atoms with Crippen molar-refractivity contribution in [3.63, 3.8) is 0 Å². The molecular formula is C20H25NO. The molecule has 0 heterocycles. The van der Waals surface area contributed by atoms with Crippen LogP contribution in [0.4, 0.5) is 0 Å². The lowest BCUT2D eigenvalue weighted by Crippen LogP contribution is -2.14. The van der Waals surface area contributed by atoms with Crippen molar-refractivity contribution in [3.05, 3.63) is 53.1 Å². The maximum absolute atomic E-state index is 5.81. The quantitative estimate of drug-likeness (QED) is 0.905. The monoisotopic (exact) mass is 295 g/mol. The average molecular weight is 295 g/mol. The highest BCUT2D eigenvalue weighted by atomic mass is 16.5. The smallest absolute Gasteiger partial charge is 0.126 e. The van der Waals surface area contributed by atoms with Gasteiger partial charge in [-0.2, -0.15) is 0 Å². The number of benzene rings is 2. The molecule has 1 atom stereocenters. The Hall–Kier alpha value is -1.80. The SMILES string of the molecule is COc1ccc(C)cc1-c1ccc2c(c1)C(CCN)CCC2. The Morgan fingerprint density at radius 1 is 1.18 bits per heavy atom. The summed E-state index contributed by atoms with van der Waals surface area (Å²) in [6.07, 6.45) is 4.83. The number of rotatable bonds is 4. The predicted molar refractivity (Wildman–Crippen MR) is 92.5 cm³/mol. The third-order valence-electron chi connectivity index (χ3n) is 4.77. The Kier molecular flexibility index (Phi) is 4.49. The first kappa shape index (κ1) is 15.1. The summed E-state index contributed by atoms with van der Waals surface area (Å²) in [5.74, 6) is 1.56. The second-order valence-electron chi connectivity index (χ2n) is 6.28. The highest BCUT2D eigenvalue weighted by Crippen LogP contribution is 2.38. The van der Waals surface area contributed by atoms with Gasteiger partial charge in [0.1, 0.15) is 5.75 Å². The average Bonchev–Trinajstić information content (AvgIpc) is 2.55. The van der Waals surface area contributed by atoms with Crippen molar-refractivity contribution in [2.75, 3.05) is 13.7 Å². The van der Waals surface area contributed by atoms with Crippen LogP contribution in [0.15, 0.2) is 36.4 Å². The normalized spacial score (nSPS) is 17.1. The summed E-state index contributed by atoms with van der Waals surface area (Å²) in [5, 5.41) is 0. The first-order chi connectivity index (χ1) is 10.7. The number of hydrogen-bond acceptors (Lipinski definition) is 2. The molecule has 3 rings (SSSR count). The molecule has 0 aliphatic heterocycles. The molecule has 1 aliphatic rings. The minimum atomic E-state index is 0.615. The van der Waals surface area contributed by atoms with Crippen LogP contribution in [-0.2, 0) is 6.42 Å². The number of fused-ring (bicyclic) bond motifs is 1. The molecule has 2 nitrogen and oxygen atoms in total. The van der Waals surface area contributed by atoms with Gasteiger partial charge in [0.2, 0.25) is 0 Å². The topological polar surface area (TPSA) is 35.2 Å². The number of methoxy groups -OCH3 is 1. The van der Waals surface area contributed by atoms with Gasteiger partial charge in [-0.05, 0) is 73.9 Å². The Morgan fingerprint density at radius 3 is 2.82 bits per heavy atom. The largest absolute Gasteiger partial charge is 0.496 e. The van der Waals surface area contributed by atoms with Gasteiger partial charge in [0.05, 0.1) is 7.11 Å². The van der Waals surface area contributed by atoms with Crippen LogP contribution in [0.25, 0.3) is 11.1 Å². The van der Waals surface area contributed by atoms with Crippen molar-refractivity contribution in [3.8, 4) is 16.9 Å². The third kappa shape index (κ3) is 2.89. The lowest BCUT2D eigenvalue weighted by molar-refractivity contribution is 0.416. The highest BCUT2D eigenvalue weighted by Gasteiger charge is 2.20. The van der Waals surface area contributed by atoms with Crippen LogP contribution in [0.3, 0.4) is 0 Å². The lowest BCUT2D eigenvalue weighted by Gasteiger charge is -2.26. The number of ether oxygens (including phenoxy) is 1. The first-order valence-corrected chi connectivity index (χ1v) is 8.21. The van der Waals surface area contributed by atoms with E-state index in [1.165, 1.54) is 47.1 Å². The van der Waals surface area contributed by atoms with Crippen molar-refractivity contribution in [2.24, 2.45) is 5.73 Å². The molecule has 1 aliphatic carbocycles. The molecule has 2 aromatic carbocycles. The van der Waals surface area contributed by atoms with Gasteiger partial charge < -0.3 is 10.5 Å². The standard InChI is InChI=1S/C20H25NO/c1-14-6-9-20(22-2)19(12-14)17-8-7-15-4-3-5-16(10-11-21)18(15)13-17/h6-9,12-13,16H,3-5,10-11,21H2,1-2H3. The van der Waals surface area contributed by atoms with Gasteiger partial charge in [-0.3, -0.25) is 0 Å². The van der Waals surface area contributed by atoms with E-state index in [0.29, 0.717) is 5.92 Å². The van der Waals surface area contributed by atoms with Crippen molar-refractivity contribution in [2.45, 2.75) is 38.5 Å². The number of hydrogen-bond donors (Lipinski definition) is 1. The molecule has 2 heteroatoms. The molecule has 0 saturated heterocycles. The molecule has 0 bridgehead atoms. The second-order valence-corrected chi connectivity index (χ2v) is 6.28. The van der Waals surface area contributed by atoms with Crippen LogP contribution in [-0.4, -0.2) is 13.7 Å². The second kappa shape index (κ2) is 6.53. The number of nitrogens with two attached hydrogens (primary N) is 1. The predicted octanol–water partition coefficient (Wildman–Crippen LogP) is 4.44. The van der Waals surface area contributed by atoms with Gasteiger partial charge in [-0.1, -0.05) is 29.8 Å². The molecule has 2 aromatic rings. The summed E-state index contributed by atoms with van der Waals surface area (Å²) >= 11 is 0. The molecule has 116 valence electrons. The molecular weight excluding hydrogens is 270 g/mol. The van der Waals surface area contributed by atoms with E-state index < -0.39 is 0 Å². The van der Waals surface area contributed by atoms with E-state index in [2.05, 4.69) is 43.3 Å².